The maximum atomic E-state index is 13.4. The van der Waals surface area contributed by atoms with Gasteiger partial charge in [-0.1, -0.05) is 30.1 Å². The van der Waals surface area contributed by atoms with Gasteiger partial charge >= 0.3 is 15.1 Å². The molecule has 4 N–H and O–H groups in total. The van der Waals surface area contributed by atoms with Crippen molar-refractivity contribution in [1.82, 2.24) is 34.5 Å². The third-order valence-electron chi connectivity index (χ3n) is 7.32. The van der Waals surface area contributed by atoms with Crippen LogP contribution < -0.4 is 11.5 Å². The van der Waals surface area contributed by atoms with Gasteiger partial charge < -0.3 is 30.0 Å². The van der Waals surface area contributed by atoms with Crippen molar-refractivity contribution >= 4 is 61.2 Å². The minimum atomic E-state index is -4.03. The van der Waals surface area contributed by atoms with E-state index in [4.69, 9.17) is 39.0 Å². The SMILES string of the molecule is C=C1C[C@H](n2nnc3c(C(N)=O)cccc32)O[C@@H]1COP(=O)(S)O[C@H]1C[C@H](n2cnc3c(N)ncnc32)O[C@@H]1CO[PH](=O)OC. The number of nitrogens with zero attached hydrogens (tertiary/aromatic N) is 7. The molecule has 1 aromatic carbocycles. The van der Waals surface area contributed by atoms with Crippen molar-refractivity contribution < 1.29 is 41.5 Å². The lowest BCUT2D eigenvalue weighted by Crippen LogP contribution is -2.28. The maximum Gasteiger partial charge on any atom is 0.386 e. The molecule has 4 aromatic rings. The van der Waals surface area contributed by atoms with Gasteiger partial charge in [-0.05, 0) is 17.7 Å². The number of carbonyl (C=O) groups excluding carboxylic acids is 1. The number of hydrogen-bond acceptors (Lipinski definition) is 15. The molecule has 1 amide bonds. The number of hydrogen-bond donors (Lipinski definition) is 3. The highest BCUT2D eigenvalue weighted by Crippen LogP contribution is 2.57. The highest BCUT2D eigenvalue weighted by Gasteiger charge is 2.43. The van der Waals surface area contributed by atoms with Gasteiger partial charge in [-0.3, -0.25) is 23.0 Å². The van der Waals surface area contributed by atoms with Gasteiger partial charge in [-0.2, -0.15) is 0 Å². The maximum absolute atomic E-state index is 13.4. The normalized spacial score (nSPS) is 25.6. The minimum Gasteiger partial charge on any atom is -0.382 e. The summed E-state index contributed by atoms with van der Waals surface area (Å²) in [5.74, 6) is -0.431. The van der Waals surface area contributed by atoms with Crippen LogP contribution in [0, 0.1) is 0 Å². The molecule has 21 heteroatoms. The van der Waals surface area contributed by atoms with Crippen LogP contribution >= 0.6 is 27.3 Å². The highest BCUT2D eigenvalue weighted by molar-refractivity contribution is 8.44. The molecule has 2 aliphatic rings. The lowest BCUT2D eigenvalue weighted by atomic mass is 10.1. The quantitative estimate of drug-likeness (QED) is 0.111. The van der Waals surface area contributed by atoms with Crippen molar-refractivity contribution in [3.8, 4) is 0 Å². The Morgan fingerprint density at radius 2 is 2.04 bits per heavy atom. The average molecular weight is 682 g/mol. The van der Waals surface area contributed by atoms with E-state index in [9.17, 15) is 13.9 Å². The van der Waals surface area contributed by atoms with Crippen LogP contribution in [0.2, 0.25) is 0 Å². The van der Waals surface area contributed by atoms with Gasteiger partial charge in [0.25, 0.3) is 5.91 Å². The van der Waals surface area contributed by atoms with Crippen LogP contribution in [0.15, 0.2) is 43.0 Å². The first-order valence-electron chi connectivity index (χ1n) is 13.5. The largest absolute Gasteiger partial charge is 0.386 e. The second-order valence-electron chi connectivity index (χ2n) is 10.1. The first-order valence-corrected chi connectivity index (χ1v) is 17.4. The van der Waals surface area contributed by atoms with Crippen LogP contribution in [0.1, 0.15) is 35.7 Å². The summed E-state index contributed by atoms with van der Waals surface area (Å²) < 4.78 is 62.1. The van der Waals surface area contributed by atoms with E-state index in [1.165, 1.54) is 24.4 Å². The molecule has 2 unspecified atom stereocenters. The fourth-order valence-electron chi connectivity index (χ4n) is 5.15. The predicted octanol–water partition coefficient (Wildman–Crippen LogP) is 2.58. The monoisotopic (exact) mass is 681 g/mol. The number of nitrogens with two attached hydrogens (primary N) is 2. The smallest absolute Gasteiger partial charge is 0.382 e. The van der Waals surface area contributed by atoms with Crippen LogP contribution in [0.4, 0.5) is 5.82 Å². The number of aromatic nitrogens is 7. The molecule has 0 spiro atoms. The van der Waals surface area contributed by atoms with Gasteiger partial charge in [0.1, 0.15) is 41.9 Å². The molecule has 0 saturated carbocycles. The molecular formula is C24H29N9O9P2S. The number of primary amides is 1. The Kier molecular flexibility index (Phi) is 9.07. The molecule has 2 fully saturated rings. The fourth-order valence-corrected chi connectivity index (χ4v) is 7.08. The van der Waals surface area contributed by atoms with E-state index in [0.29, 0.717) is 34.2 Å². The van der Waals surface area contributed by atoms with Crippen LogP contribution in [0.5, 0.6) is 0 Å². The number of carbonyl (C=O) groups is 1. The topological polar surface area (TPSA) is 233 Å². The number of imidazole rings is 1. The number of benzene rings is 1. The summed E-state index contributed by atoms with van der Waals surface area (Å²) in [7, 11) is -1.54. The average Bonchev–Trinajstić information content (AvgIpc) is 3.79. The Morgan fingerprint density at radius 1 is 1.22 bits per heavy atom. The lowest BCUT2D eigenvalue weighted by molar-refractivity contribution is -0.0388. The van der Waals surface area contributed by atoms with Gasteiger partial charge in [-0.25, -0.2) is 24.2 Å². The van der Waals surface area contributed by atoms with Crippen molar-refractivity contribution in [2.24, 2.45) is 5.73 Å². The summed E-state index contributed by atoms with van der Waals surface area (Å²) in [6, 6.07) is 4.97. The highest BCUT2D eigenvalue weighted by atomic mass is 32.7. The molecule has 0 bridgehead atoms. The molecule has 45 heavy (non-hydrogen) atoms. The zero-order valence-electron chi connectivity index (χ0n) is 23.7. The van der Waals surface area contributed by atoms with E-state index in [1.54, 1.807) is 22.8 Å². The van der Waals surface area contributed by atoms with E-state index in [-0.39, 0.29) is 31.0 Å². The molecule has 2 aliphatic heterocycles. The lowest BCUT2D eigenvalue weighted by Gasteiger charge is -2.23. The summed E-state index contributed by atoms with van der Waals surface area (Å²) in [4.78, 5) is 24.2. The molecule has 240 valence electrons. The number of ether oxygens (including phenoxy) is 2. The van der Waals surface area contributed by atoms with Crippen LogP contribution in [-0.4, -0.2) is 79.1 Å². The number of fused-ring (bicyclic) bond motifs is 2. The molecule has 2 saturated heterocycles. The predicted molar refractivity (Wildman–Crippen MR) is 161 cm³/mol. The third-order valence-corrected chi connectivity index (χ3v) is 9.70. The molecule has 18 nitrogen and oxygen atoms in total. The van der Waals surface area contributed by atoms with Crippen molar-refractivity contribution in [3.05, 3.63) is 48.6 Å². The molecule has 0 aliphatic carbocycles. The van der Waals surface area contributed by atoms with E-state index < -0.39 is 51.7 Å². The van der Waals surface area contributed by atoms with Gasteiger partial charge in [0.05, 0.1) is 30.6 Å². The summed E-state index contributed by atoms with van der Waals surface area (Å²) in [5, 5.41) is 8.23. The zero-order chi connectivity index (χ0) is 31.9. The van der Waals surface area contributed by atoms with Crippen LogP contribution in [0.3, 0.4) is 0 Å². The van der Waals surface area contributed by atoms with E-state index in [1.807, 2.05) is 0 Å². The Balaban J connectivity index is 1.13. The molecule has 5 heterocycles. The molecular weight excluding hydrogens is 652 g/mol. The molecule has 0 radical (unpaired) electrons. The summed E-state index contributed by atoms with van der Waals surface area (Å²) in [6.07, 6.45) is -0.394. The first kappa shape index (κ1) is 31.7. The number of thiol groups is 1. The fraction of sp³-hybridized carbons (Fsp3) is 0.417. The number of amides is 1. The van der Waals surface area contributed by atoms with Crippen LogP contribution in [-0.2, 0) is 36.7 Å². The summed E-state index contributed by atoms with van der Waals surface area (Å²) >= 11 is 4.19. The first-order chi connectivity index (χ1) is 21.5. The van der Waals surface area contributed by atoms with Gasteiger partial charge in [0, 0.05) is 20.0 Å². The summed E-state index contributed by atoms with van der Waals surface area (Å²) in [5.41, 5.74) is 14.0. The molecule has 7 atom stereocenters. The summed E-state index contributed by atoms with van der Waals surface area (Å²) in [6.45, 7) is -0.369. The van der Waals surface area contributed by atoms with Crippen molar-refractivity contribution in [3.63, 3.8) is 0 Å². The van der Waals surface area contributed by atoms with E-state index in [0.717, 1.165) is 0 Å². The zero-order valence-corrected chi connectivity index (χ0v) is 26.5. The van der Waals surface area contributed by atoms with Crippen molar-refractivity contribution in [1.29, 1.82) is 0 Å². The van der Waals surface area contributed by atoms with Crippen molar-refractivity contribution in [2.45, 2.75) is 43.6 Å². The minimum absolute atomic E-state index is 0.159. The van der Waals surface area contributed by atoms with Gasteiger partial charge in [0.15, 0.2) is 17.7 Å². The Bertz CT molecular complexity index is 1840. The third kappa shape index (κ3) is 6.54. The van der Waals surface area contributed by atoms with Crippen LogP contribution in [0.25, 0.3) is 22.2 Å². The Hall–Kier alpha value is -3.25. The molecule has 6 rings (SSSR count). The number of rotatable bonds is 12. The van der Waals surface area contributed by atoms with Gasteiger partial charge in [0.2, 0.25) is 0 Å². The van der Waals surface area contributed by atoms with Crippen molar-refractivity contribution in [2.75, 3.05) is 26.1 Å². The second kappa shape index (κ2) is 12.9. The Morgan fingerprint density at radius 3 is 2.82 bits per heavy atom. The number of anilines is 1. The molecule has 3 aromatic heterocycles. The van der Waals surface area contributed by atoms with E-state index in [2.05, 4.69) is 44.1 Å². The standard InChI is InChI=1S/C24H29N9O9P2S/c1-12-6-19(33-14-5-3-4-13(23(26)34)20(14)30-31-33)40-16(12)9-39-44(36,45)42-15-7-18(41-17(15)8-38-43(35)37-2)32-11-29-21-22(25)27-10-28-24(21)32/h3-5,10-11,15-19,43H,1,6-9H2,2H3,(H2,26,34)(H,36,45)(H2,25,27,28)/t15-,16+,17+,18+,19+,44?/m0/s1. The van der Waals surface area contributed by atoms with Gasteiger partial charge in [-0.15, -0.1) is 5.10 Å². The van der Waals surface area contributed by atoms with E-state index >= 15 is 0 Å². The number of nitrogen functional groups attached to an aromatic ring is 1. The Labute approximate surface area is 261 Å². The second-order valence-corrected chi connectivity index (χ2v) is 14.2.